The third-order valence-electron chi connectivity index (χ3n) is 2.35. The number of nitrogens with zero attached hydrogens (tertiary/aromatic N) is 1. The number of benzene rings is 2. The van der Waals surface area contributed by atoms with Crippen LogP contribution in [0.4, 0.5) is 15.8 Å². The summed E-state index contributed by atoms with van der Waals surface area (Å²) in [5, 5.41) is 12.2. The Bertz CT molecular complexity index is 637. The van der Waals surface area contributed by atoms with Crippen molar-refractivity contribution in [1.82, 2.24) is 0 Å². The van der Waals surface area contributed by atoms with Crippen molar-refractivity contribution in [2.75, 3.05) is 5.32 Å². The smallest absolute Gasteiger partial charge is 0.138 e. The molecule has 90 valence electrons. The monoisotopic (exact) mass is 416 g/mol. The molecule has 0 unspecified atom stereocenters. The number of hydrogen-bond acceptors (Lipinski definition) is 2. The average Bonchev–Trinajstić information content (AvgIpc) is 2.35. The Hall–Kier alpha value is -1.13. The highest BCUT2D eigenvalue weighted by atomic mass is 127. The van der Waals surface area contributed by atoms with Gasteiger partial charge < -0.3 is 5.32 Å². The van der Waals surface area contributed by atoms with E-state index in [0.29, 0.717) is 25.0 Å². The fourth-order valence-electron chi connectivity index (χ4n) is 1.49. The van der Waals surface area contributed by atoms with Gasteiger partial charge in [-0.3, -0.25) is 0 Å². The highest BCUT2D eigenvalue weighted by molar-refractivity contribution is 14.1. The third-order valence-corrected chi connectivity index (χ3v) is 4.10. The van der Waals surface area contributed by atoms with Gasteiger partial charge in [0.2, 0.25) is 0 Å². The molecule has 2 rings (SSSR count). The summed E-state index contributed by atoms with van der Waals surface area (Å²) in [6, 6.07) is 12.3. The Morgan fingerprint density at radius 1 is 1.17 bits per heavy atom. The number of rotatable bonds is 2. The molecule has 1 N–H and O–H groups in total. The zero-order valence-corrected chi connectivity index (χ0v) is 12.8. The van der Waals surface area contributed by atoms with Gasteiger partial charge in [0.15, 0.2) is 0 Å². The van der Waals surface area contributed by atoms with Gasteiger partial charge in [-0.25, -0.2) is 4.39 Å². The summed E-state index contributed by atoms with van der Waals surface area (Å²) >= 11 is 5.25. The van der Waals surface area contributed by atoms with Crippen LogP contribution in [0.1, 0.15) is 5.56 Å². The highest BCUT2D eigenvalue weighted by Gasteiger charge is 2.09. The van der Waals surface area contributed by atoms with Crippen molar-refractivity contribution >= 4 is 49.9 Å². The van der Waals surface area contributed by atoms with Gasteiger partial charge in [0, 0.05) is 4.47 Å². The number of halogens is 3. The zero-order valence-electron chi connectivity index (χ0n) is 9.05. The van der Waals surface area contributed by atoms with Crippen LogP contribution >= 0.6 is 38.5 Å². The molecule has 0 saturated carbocycles. The van der Waals surface area contributed by atoms with Gasteiger partial charge in [-0.15, -0.1) is 0 Å². The van der Waals surface area contributed by atoms with Crippen molar-refractivity contribution in [1.29, 1.82) is 5.26 Å². The molecule has 0 fully saturated rings. The third kappa shape index (κ3) is 2.65. The van der Waals surface area contributed by atoms with Crippen LogP contribution < -0.4 is 5.32 Å². The molecule has 0 atom stereocenters. The van der Waals surface area contributed by atoms with Gasteiger partial charge >= 0.3 is 0 Å². The maximum absolute atomic E-state index is 13.4. The molecule has 5 heteroatoms. The van der Waals surface area contributed by atoms with E-state index in [9.17, 15) is 4.39 Å². The van der Waals surface area contributed by atoms with Crippen molar-refractivity contribution in [3.8, 4) is 6.07 Å². The normalized spacial score (nSPS) is 9.89. The largest absolute Gasteiger partial charge is 0.353 e. The lowest BCUT2D eigenvalue weighted by Gasteiger charge is -2.11. The number of nitriles is 1. The first-order chi connectivity index (χ1) is 8.63. The number of nitrogens with one attached hydrogen (secondary N) is 1. The molecule has 2 aromatic carbocycles. The minimum absolute atomic E-state index is 0.283. The second kappa shape index (κ2) is 5.67. The second-order valence-electron chi connectivity index (χ2n) is 3.50. The molecule has 0 aromatic heterocycles. The second-order valence-corrected chi connectivity index (χ2v) is 5.43. The van der Waals surface area contributed by atoms with Crippen LogP contribution in [-0.4, -0.2) is 0 Å². The SMILES string of the molecule is N#Cc1c(Br)cccc1Nc1cccc(F)c1I. The van der Waals surface area contributed by atoms with Crippen LogP contribution in [0, 0.1) is 20.7 Å². The minimum atomic E-state index is -0.283. The summed E-state index contributed by atoms with van der Waals surface area (Å²) < 4.78 is 14.6. The maximum atomic E-state index is 13.4. The molecule has 0 aliphatic heterocycles. The van der Waals surface area contributed by atoms with Crippen molar-refractivity contribution in [2.24, 2.45) is 0 Å². The summed E-state index contributed by atoms with van der Waals surface area (Å²) in [5.41, 5.74) is 1.79. The Balaban J connectivity index is 2.44. The first kappa shape index (κ1) is 13.3. The van der Waals surface area contributed by atoms with E-state index in [1.54, 1.807) is 24.3 Å². The van der Waals surface area contributed by atoms with Crippen LogP contribution in [0.5, 0.6) is 0 Å². The summed E-state index contributed by atoms with van der Waals surface area (Å²) in [6.07, 6.45) is 0. The molecule has 0 saturated heterocycles. The van der Waals surface area contributed by atoms with Gasteiger partial charge in [-0.2, -0.15) is 5.26 Å². The van der Waals surface area contributed by atoms with Gasteiger partial charge in [-0.05, 0) is 62.8 Å². The van der Waals surface area contributed by atoms with Gasteiger partial charge in [0.05, 0.1) is 20.5 Å². The molecule has 2 nitrogen and oxygen atoms in total. The van der Waals surface area contributed by atoms with E-state index in [4.69, 9.17) is 5.26 Å². The molecular formula is C13H7BrFIN2. The lowest BCUT2D eigenvalue weighted by atomic mass is 10.2. The van der Waals surface area contributed by atoms with Crippen molar-refractivity contribution < 1.29 is 4.39 Å². The minimum Gasteiger partial charge on any atom is -0.353 e. The van der Waals surface area contributed by atoms with Crippen LogP contribution in [0.3, 0.4) is 0 Å². The Kier molecular flexibility index (Phi) is 4.19. The molecule has 0 bridgehead atoms. The Labute approximate surface area is 126 Å². The van der Waals surface area contributed by atoms with Crippen LogP contribution in [0.25, 0.3) is 0 Å². The molecule has 2 aromatic rings. The predicted octanol–water partition coefficient (Wildman–Crippen LogP) is 4.81. The number of hydrogen-bond donors (Lipinski definition) is 1. The van der Waals surface area contributed by atoms with E-state index >= 15 is 0 Å². The lowest BCUT2D eigenvalue weighted by molar-refractivity contribution is 0.621. The zero-order chi connectivity index (χ0) is 13.1. The summed E-state index contributed by atoms with van der Waals surface area (Å²) in [6.45, 7) is 0. The molecule has 0 heterocycles. The summed E-state index contributed by atoms with van der Waals surface area (Å²) in [7, 11) is 0. The fourth-order valence-corrected chi connectivity index (χ4v) is 2.44. The van der Waals surface area contributed by atoms with Gasteiger partial charge in [-0.1, -0.05) is 12.1 Å². The fraction of sp³-hybridized carbons (Fsp3) is 0. The molecule has 0 amide bonds. The molecule has 18 heavy (non-hydrogen) atoms. The first-order valence-corrected chi connectivity index (χ1v) is 6.90. The van der Waals surface area contributed by atoms with Gasteiger partial charge in [0.1, 0.15) is 11.9 Å². The molecule has 0 aliphatic carbocycles. The van der Waals surface area contributed by atoms with E-state index in [2.05, 4.69) is 27.3 Å². The Morgan fingerprint density at radius 2 is 1.83 bits per heavy atom. The van der Waals surface area contributed by atoms with Gasteiger partial charge in [0.25, 0.3) is 0 Å². The molecule has 0 aliphatic rings. The van der Waals surface area contributed by atoms with E-state index in [0.717, 1.165) is 0 Å². The molecule has 0 spiro atoms. The van der Waals surface area contributed by atoms with Crippen LogP contribution in [0.2, 0.25) is 0 Å². The standard InChI is InChI=1S/C13H7BrFIN2/c14-9-3-1-5-11(8(9)7-17)18-12-6-2-4-10(15)13(12)16/h1-6,18H. The predicted molar refractivity (Wildman–Crippen MR) is 81.3 cm³/mol. The van der Waals surface area contributed by atoms with Crippen LogP contribution in [-0.2, 0) is 0 Å². The quantitative estimate of drug-likeness (QED) is 0.713. The summed E-state index contributed by atoms with van der Waals surface area (Å²) in [5.74, 6) is -0.283. The number of anilines is 2. The average molecular weight is 417 g/mol. The first-order valence-electron chi connectivity index (χ1n) is 5.03. The lowest BCUT2D eigenvalue weighted by Crippen LogP contribution is -1.97. The van der Waals surface area contributed by atoms with Crippen molar-refractivity contribution in [3.05, 3.63) is 55.8 Å². The Morgan fingerprint density at radius 3 is 2.56 bits per heavy atom. The maximum Gasteiger partial charge on any atom is 0.138 e. The van der Waals surface area contributed by atoms with Crippen LogP contribution in [0.15, 0.2) is 40.9 Å². The topological polar surface area (TPSA) is 35.8 Å². The molecular weight excluding hydrogens is 410 g/mol. The molecule has 0 radical (unpaired) electrons. The van der Waals surface area contributed by atoms with E-state index < -0.39 is 0 Å². The highest BCUT2D eigenvalue weighted by Crippen LogP contribution is 2.29. The van der Waals surface area contributed by atoms with E-state index in [1.165, 1.54) is 6.07 Å². The van der Waals surface area contributed by atoms with Crippen molar-refractivity contribution in [2.45, 2.75) is 0 Å². The van der Waals surface area contributed by atoms with E-state index in [1.807, 2.05) is 28.7 Å². The van der Waals surface area contributed by atoms with Crippen molar-refractivity contribution in [3.63, 3.8) is 0 Å². The summed E-state index contributed by atoms with van der Waals surface area (Å²) in [4.78, 5) is 0. The van der Waals surface area contributed by atoms with E-state index in [-0.39, 0.29) is 5.82 Å².